The topological polar surface area (TPSA) is 135 Å². The molecule has 1 fully saturated rings. The molecule has 3 N–H and O–H groups in total. The maximum absolute atomic E-state index is 12.8. The smallest absolute Gasteiger partial charge is 0.407 e. The van der Waals surface area contributed by atoms with Crippen molar-refractivity contribution < 1.29 is 33.4 Å². The summed E-state index contributed by atoms with van der Waals surface area (Å²) < 4.78 is 16.1. The van der Waals surface area contributed by atoms with Crippen molar-refractivity contribution in [1.29, 1.82) is 0 Å². The van der Waals surface area contributed by atoms with Crippen LogP contribution in [0.25, 0.3) is 11.1 Å². The summed E-state index contributed by atoms with van der Waals surface area (Å²) in [4.78, 5) is 51.6. The third-order valence-electron chi connectivity index (χ3n) is 7.53. The summed E-state index contributed by atoms with van der Waals surface area (Å²) in [5, 5.41) is 8.36. The molecular formula is C34H44N4O7. The number of carbonyl (C=O) groups excluding carboxylic acids is 4. The Bertz CT molecular complexity index is 1320. The number of carbonyl (C=O) groups is 4. The summed E-state index contributed by atoms with van der Waals surface area (Å²) in [5.41, 5.74) is 3.92. The number of benzene rings is 2. The number of esters is 2. The van der Waals surface area contributed by atoms with Gasteiger partial charge in [0.05, 0.1) is 12.6 Å². The van der Waals surface area contributed by atoms with Crippen LogP contribution in [0, 0.1) is 0 Å². The molecule has 0 radical (unpaired) electrons. The van der Waals surface area contributed by atoms with Crippen molar-refractivity contribution in [1.82, 2.24) is 20.9 Å². The lowest BCUT2D eigenvalue weighted by atomic mass is 9.98. The minimum absolute atomic E-state index is 0.0276. The number of hydrogen-bond donors (Lipinski definition) is 3. The lowest BCUT2D eigenvalue weighted by molar-refractivity contribution is -0.157. The minimum atomic E-state index is -0.902. The van der Waals surface area contributed by atoms with Crippen LogP contribution in [0.4, 0.5) is 9.59 Å². The van der Waals surface area contributed by atoms with Crippen LogP contribution in [0.5, 0.6) is 0 Å². The van der Waals surface area contributed by atoms with Crippen molar-refractivity contribution in [3.63, 3.8) is 0 Å². The molecule has 242 valence electrons. The molecule has 3 amide bonds. The molecular weight excluding hydrogens is 576 g/mol. The summed E-state index contributed by atoms with van der Waals surface area (Å²) in [6.07, 6.45) is 2.21. The normalized spacial score (nSPS) is 15.1. The molecule has 1 saturated heterocycles. The fraction of sp³-hybridized carbons (Fsp3) is 0.471. The maximum atomic E-state index is 12.8. The number of nitrogens with one attached hydrogen (secondary N) is 3. The summed E-state index contributed by atoms with van der Waals surface area (Å²) in [6, 6.07) is 14.9. The van der Waals surface area contributed by atoms with Gasteiger partial charge in [-0.25, -0.2) is 14.4 Å². The molecule has 1 aliphatic heterocycles. The molecule has 4 rings (SSSR count). The highest BCUT2D eigenvalue weighted by Crippen LogP contribution is 2.44. The molecule has 1 heterocycles. The summed E-state index contributed by atoms with van der Waals surface area (Å²) in [6.45, 7) is 10.9. The highest BCUT2D eigenvalue weighted by molar-refractivity contribution is 5.82. The molecule has 0 saturated carbocycles. The van der Waals surface area contributed by atoms with E-state index in [0.29, 0.717) is 38.9 Å². The summed E-state index contributed by atoms with van der Waals surface area (Å²) >= 11 is 0. The number of amides is 3. The molecule has 0 aromatic heterocycles. The van der Waals surface area contributed by atoms with Gasteiger partial charge >= 0.3 is 24.1 Å². The Balaban J connectivity index is 1.17. The van der Waals surface area contributed by atoms with Gasteiger partial charge in [-0.3, -0.25) is 9.69 Å². The molecule has 1 aliphatic carbocycles. The first-order valence-corrected chi connectivity index (χ1v) is 15.4. The molecule has 11 heteroatoms. The first-order valence-electron chi connectivity index (χ1n) is 15.4. The third kappa shape index (κ3) is 9.81. The van der Waals surface area contributed by atoms with E-state index in [4.69, 9.17) is 14.2 Å². The van der Waals surface area contributed by atoms with Crippen LogP contribution in [0.2, 0.25) is 0 Å². The van der Waals surface area contributed by atoms with Gasteiger partial charge in [0.15, 0.2) is 0 Å². The number of urea groups is 1. The molecule has 0 unspecified atom stereocenters. The third-order valence-corrected chi connectivity index (χ3v) is 7.53. The Morgan fingerprint density at radius 3 is 2.24 bits per heavy atom. The highest BCUT2D eigenvalue weighted by Gasteiger charge is 2.32. The number of fused-ring (bicyclic) bond motifs is 3. The van der Waals surface area contributed by atoms with Crippen LogP contribution in [0.15, 0.2) is 61.2 Å². The van der Waals surface area contributed by atoms with Gasteiger partial charge in [0.1, 0.15) is 24.9 Å². The Morgan fingerprint density at radius 1 is 0.978 bits per heavy atom. The lowest BCUT2D eigenvalue weighted by Crippen LogP contribution is -2.61. The zero-order valence-corrected chi connectivity index (χ0v) is 26.3. The highest BCUT2D eigenvalue weighted by atomic mass is 16.6. The van der Waals surface area contributed by atoms with E-state index in [0.717, 1.165) is 22.3 Å². The zero-order valence-electron chi connectivity index (χ0n) is 26.3. The van der Waals surface area contributed by atoms with Crippen LogP contribution >= 0.6 is 0 Å². The fourth-order valence-electron chi connectivity index (χ4n) is 5.53. The largest absolute Gasteiger partial charge is 0.460 e. The van der Waals surface area contributed by atoms with E-state index in [1.807, 2.05) is 62.1 Å². The van der Waals surface area contributed by atoms with E-state index >= 15 is 0 Å². The number of unbranched alkanes of at least 4 members (excludes halogenated alkanes) is 1. The molecule has 0 spiro atoms. The second kappa shape index (κ2) is 15.6. The van der Waals surface area contributed by atoms with Crippen LogP contribution in [-0.2, 0) is 23.8 Å². The summed E-state index contributed by atoms with van der Waals surface area (Å²) in [7, 11) is 0. The maximum Gasteiger partial charge on any atom is 0.407 e. The van der Waals surface area contributed by atoms with Gasteiger partial charge in [-0.15, -0.1) is 0 Å². The van der Waals surface area contributed by atoms with E-state index < -0.39 is 23.7 Å². The molecule has 2 aliphatic rings. The Labute approximate surface area is 264 Å². The summed E-state index contributed by atoms with van der Waals surface area (Å²) in [5.74, 6) is -0.959. The van der Waals surface area contributed by atoms with Crippen molar-refractivity contribution in [3.05, 3.63) is 72.3 Å². The average molecular weight is 621 g/mol. The Hall–Kier alpha value is -4.38. The van der Waals surface area contributed by atoms with Crippen molar-refractivity contribution in [2.75, 3.05) is 39.4 Å². The molecule has 2 aromatic carbocycles. The monoisotopic (exact) mass is 620 g/mol. The van der Waals surface area contributed by atoms with E-state index in [9.17, 15) is 19.2 Å². The van der Waals surface area contributed by atoms with E-state index in [2.05, 4.69) is 34.7 Å². The van der Waals surface area contributed by atoms with Crippen molar-refractivity contribution in [2.24, 2.45) is 0 Å². The zero-order chi connectivity index (χ0) is 32.4. The predicted octanol–water partition coefficient (Wildman–Crippen LogP) is 4.12. The number of likely N-dealkylation sites (tertiary alicyclic amines) is 1. The molecule has 2 aromatic rings. The number of nitrogens with zero attached hydrogens (tertiary/aromatic N) is 1. The van der Waals surface area contributed by atoms with Gasteiger partial charge in [0, 0.05) is 25.6 Å². The molecule has 1 atom stereocenters. The lowest BCUT2D eigenvalue weighted by Gasteiger charge is -2.39. The van der Waals surface area contributed by atoms with E-state index in [1.54, 1.807) is 0 Å². The van der Waals surface area contributed by atoms with Gasteiger partial charge in [-0.05, 0) is 62.3 Å². The van der Waals surface area contributed by atoms with E-state index in [-0.39, 0.29) is 43.7 Å². The second-order valence-corrected chi connectivity index (χ2v) is 12.3. The number of rotatable bonds is 14. The predicted molar refractivity (Wildman–Crippen MR) is 170 cm³/mol. The SMILES string of the molecule is C=CCOC(=O)[C@@H](CCCCNC(=O)NC1CN(CC(=O)OC(C)(C)C)C1)NC(=O)OCC1c2ccccc2-c2ccccc21. The van der Waals surface area contributed by atoms with Crippen LogP contribution < -0.4 is 16.0 Å². The molecule has 0 bridgehead atoms. The fourth-order valence-corrected chi connectivity index (χ4v) is 5.53. The van der Waals surface area contributed by atoms with Crippen molar-refractivity contribution in [2.45, 2.75) is 63.6 Å². The van der Waals surface area contributed by atoms with Crippen LogP contribution in [-0.4, -0.2) is 86.0 Å². The van der Waals surface area contributed by atoms with Gasteiger partial charge in [-0.2, -0.15) is 0 Å². The van der Waals surface area contributed by atoms with Gasteiger partial charge < -0.3 is 30.2 Å². The second-order valence-electron chi connectivity index (χ2n) is 12.3. The molecule has 45 heavy (non-hydrogen) atoms. The standard InChI is InChI=1S/C34H44N4O7/c1-5-18-43-31(40)29(16-10-11-17-35-32(41)36-23-19-38(20-23)21-30(39)45-34(2,3)4)37-33(42)44-22-28-26-14-8-6-12-24(26)25-13-7-9-15-27(25)28/h5-9,12-15,23,28-29H,1,10-11,16-22H2,2-4H3,(H,37,42)(H2,35,36,41)/t29-/m1/s1. The average Bonchev–Trinajstić information content (AvgIpc) is 3.29. The Kier molecular flexibility index (Phi) is 11.6. The van der Waals surface area contributed by atoms with Gasteiger partial charge in [0.25, 0.3) is 0 Å². The number of alkyl carbamates (subject to hydrolysis) is 1. The van der Waals surface area contributed by atoms with Crippen LogP contribution in [0.3, 0.4) is 0 Å². The van der Waals surface area contributed by atoms with E-state index in [1.165, 1.54) is 6.08 Å². The number of ether oxygens (including phenoxy) is 3. The first-order chi connectivity index (χ1) is 21.5. The van der Waals surface area contributed by atoms with Gasteiger partial charge in [0.2, 0.25) is 0 Å². The quantitative estimate of drug-likeness (QED) is 0.124. The minimum Gasteiger partial charge on any atom is -0.460 e. The Morgan fingerprint density at radius 2 is 1.62 bits per heavy atom. The number of hydrogen-bond acceptors (Lipinski definition) is 8. The molecule has 11 nitrogen and oxygen atoms in total. The van der Waals surface area contributed by atoms with Gasteiger partial charge in [-0.1, -0.05) is 61.2 Å². The van der Waals surface area contributed by atoms with Crippen molar-refractivity contribution >= 4 is 24.1 Å². The first kappa shape index (κ1) is 33.5. The van der Waals surface area contributed by atoms with Crippen LogP contribution in [0.1, 0.15) is 57.1 Å². The van der Waals surface area contributed by atoms with Crippen molar-refractivity contribution in [3.8, 4) is 11.1 Å².